The summed E-state index contributed by atoms with van der Waals surface area (Å²) < 4.78 is 13.9. The lowest BCUT2D eigenvalue weighted by atomic mass is 10.0. The van der Waals surface area contributed by atoms with E-state index < -0.39 is 0 Å². The summed E-state index contributed by atoms with van der Waals surface area (Å²) in [5.74, 6) is 0.0898. The van der Waals surface area contributed by atoms with Crippen LogP contribution in [0, 0.1) is 19.7 Å². The quantitative estimate of drug-likeness (QED) is 0.791. The summed E-state index contributed by atoms with van der Waals surface area (Å²) in [7, 11) is 0. The molecule has 0 amide bonds. The molecule has 0 aliphatic heterocycles. The number of aromatic hydroxyl groups is 1. The summed E-state index contributed by atoms with van der Waals surface area (Å²) in [4.78, 5) is 0. The van der Waals surface area contributed by atoms with E-state index in [-0.39, 0.29) is 17.6 Å². The van der Waals surface area contributed by atoms with Crippen molar-refractivity contribution in [3.05, 3.63) is 58.9 Å². The molecule has 20 heavy (non-hydrogen) atoms. The van der Waals surface area contributed by atoms with Crippen LogP contribution in [0.1, 0.15) is 36.1 Å². The molecule has 2 rings (SSSR count). The van der Waals surface area contributed by atoms with Gasteiger partial charge in [-0.1, -0.05) is 25.1 Å². The highest BCUT2D eigenvalue weighted by atomic mass is 19.1. The van der Waals surface area contributed by atoms with E-state index >= 15 is 0 Å². The van der Waals surface area contributed by atoms with Crippen molar-refractivity contribution < 1.29 is 9.50 Å². The minimum atomic E-state index is -0.194. The van der Waals surface area contributed by atoms with Crippen molar-refractivity contribution in [2.24, 2.45) is 0 Å². The fraction of sp³-hybridized carbons (Fsp3) is 0.294. The van der Waals surface area contributed by atoms with Crippen molar-refractivity contribution >= 4 is 5.69 Å². The Morgan fingerprint density at radius 1 is 1.15 bits per heavy atom. The first kappa shape index (κ1) is 14.4. The first-order valence-corrected chi connectivity index (χ1v) is 6.84. The number of benzene rings is 2. The zero-order valence-electron chi connectivity index (χ0n) is 12.1. The second kappa shape index (κ2) is 5.95. The van der Waals surface area contributed by atoms with Crippen LogP contribution in [-0.2, 0) is 0 Å². The first-order valence-electron chi connectivity index (χ1n) is 6.84. The number of rotatable bonds is 4. The van der Waals surface area contributed by atoms with Crippen molar-refractivity contribution in [2.75, 3.05) is 5.32 Å². The molecule has 106 valence electrons. The van der Waals surface area contributed by atoms with Gasteiger partial charge in [0.15, 0.2) is 0 Å². The SMILES string of the molecule is CCC(Nc1cc(C)c(O)cc1C)c1ccccc1F. The van der Waals surface area contributed by atoms with E-state index in [0.717, 1.165) is 23.2 Å². The van der Waals surface area contributed by atoms with Crippen LogP contribution in [0.4, 0.5) is 10.1 Å². The minimum absolute atomic E-state index is 0.0844. The lowest BCUT2D eigenvalue weighted by Crippen LogP contribution is -2.12. The average Bonchev–Trinajstić information content (AvgIpc) is 2.42. The molecule has 0 saturated heterocycles. The topological polar surface area (TPSA) is 32.3 Å². The summed E-state index contributed by atoms with van der Waals surface area (Å²) in [5, 5.41) is 13.1. The van der Waals surface area contributed by atoms with Crippen molar-refractivity contribution in [1.29, 1.82) is 0 Å². The van der Waals surface area contributed by atoms with E-state index in [1.165, 1.54) is 6.07 Å². The highest BCUT2D eigenvalue weighted by Gasteiger charge is 2.14. The Labute approximate surface area is 119 Å². The van der Waals surface area contributed by atoms with E-state index in [4.69, 9.17) is 0 Å². The summed E-state index contributed by atoms with van der Waals surface area (Å²) in [6.07, 6.45) is 0.778. The molecule has 2 aromatic carbocycles. The van der Waals surface area contributed by atoms with Crippen LogP contribution in [0.25, 0.3) is 0 Å². The summed E-state index contributed by atoms with van der Waals surface area (Å²) >= 11 is 0. The zero-order chi connectivity index (χ0) is 14.7. The number of phenols is 1. The molecular weight excluding hydrogens is 253 g/mol. The molecule has 2 nitrogen and oxygen atoms in total. The highest BCUT2D eigenvalue weighted by molar-refractivity contribution is 5.57. The van der Waals surface area contributed by atoms with Gasteiger partial charge in [0.1, 0.15) is 11.6 Å². The zero-order valence-corrected chi connectivity index (χ0v) is 12.1. The number of nitrogens with one attached hydrogen (secondary N) is 1. The van der Waals surface area contributed by atoms with Gasteiger partial charge in [0.2, 0.25) is 0 Å². The standard InChI is InChI=1S/C17H20FNO/c1-4-15(13-7-5-6-8-14(13)18)19-16-9-12(3)17(20)10-11(16)2/h5-10,15,19-20H,4H2,1-3H3. The molecule has 1 atom stereocenters. The molecule has 0 bridgehead atoms. The van der Waals surface area contributed by atoms with E-state index in [0.29, 0.717) is 5.56 Å². The van der Waals surface area contributed by atoms with Gasteiger partial charge in [0, 0.05) is 11.3 Å². The minimum Gasteiger partial charge on any atom is -0.508 e. The molecule has 0 fully saturated rings. The van der Waals surface area contributed by atoms with Crippen molar-refractivity contribution in [3.8, 4) is 5.75 Å². The molecule has 1 unspecified atom stereocenters. The van der Waals surface area contributed by atoms with Crippen LogP contribution >= 0.6 is 0 Å². The molecule has 0 aliphatic carbocycles. The Bertz CT molecular complexity index is 610. The average molecular weight is 273 g/mol. The third-order valence-electron chi connectivity index (χ3n) is 3.56. The van der Waals surface area contributed by atoms with Crippen LogP contribution in [0.3, 0.4) is 0 Å². The maximum Gasteiger partial charge on any atom is 0.128 e. The van der Waals surface area contributed by atoms with Crippen molar-refractivity contribution in [1.82, 2.24) is 0 Å². The second-order valence-electron chi connectivity index (χ2n) is 5.08. The van der Waals surface area contributed by atoms with Crippen LogP contribution in [0.2, 0.25) is 0 Å². The molecular formula is C17H20FNO. The summed E-state index contributed by atoms with van der Waals surface area (Å²) in [6, 6.07) is 10.4. The Morgan fingerprint density at radius 3 is 2.50 bits per heavy atom. The smallest absolute Gasteiger partial charge is 0.128 e. The number of halogens is 1. The summed E-state index contributed by atoms with van der Waals surface area (Å²) in [5.41, 5.74) is 3.35. The van der Waals surface area contributed by atoms with Crippen LogP contribution in [0.5, 0.6) is 5.75 Å². The molecule has 0 aliphatic rings. The number of hydrogen-bond donors (Lipinski definition) is 2. The summed E-state index contributed by atoms with van der Waals surface area (Å²) in [6.45, 7) is 5.80. The molecule has 0 aromatic heterocycles. The fourth-order valence-corrected chi connectivity index (χ4v) is 2.30. The molecule has 0 heterocycles. The van der Waals surface area contributed by atoms with E-state index in [1.54, 1.807) is 18.2 Å². The molecule has 0 spiro atoms. The number of hydrogen-bond acceptors (Lipinski definition) is 2. The molecule has 2 aromatic rings. The third kappa shape index (κ3) is 2.93. The largest absolute Gasteiger partial charge is 0.508 e. The fourth-order valence-electron chi connectivity index (χ4n) is 2.30. The van der Waals surface area contributed by atoms with Gasteiger partial charge < -0.3 is 10.4 Å². The van der Waals surface area contributed by atoms with Gasteiger partial charge in [-0.05, 0) is 49.6 Å². The van der Waals surface area contributed by atoms with Crippen molar-refractivity contribution in [2.45, 2.75) is 33.2 Å². The van der Waals surface area contributed by atoms with Crippen molar-refractivity contribution in [3.63, 3.8) is 0 Å². The van der Waals surface area contributed by atoms with Gasteiger partial charge in [0.05, 0.1) is 6.04 Å². The number of phenolic OH excluding ortho intramolecular Hbond substituents is 1. The number of anilines is 1. The maximum absolute atomic E-state index is 13.9. The predicted molar refractivity (Wildman–Crippen MR) is 80.6 cm³/mol. The Balaban J connectivity index is 2.32. The maximum atomic E-state index is 13.9. The third-order valence-corrected chi connectivity index (χ3v) is 3.56. The highest BCUT2D eigenvalue weighted by Crippen LogP contribution is 2.30. The van der Waals surface area contributed by atoms with E-state index in [2.05, 4.69) is 5.32 Å². The monoisotopic (exact) mass is 273 g/mol. The van der Waals surface area contributed by atoms with E-state index in [9.17, 15) is 9.50 Å². The van der Waals surface area contributed by atoms with Crippen LogP contribution in [-0.4, -0.2) is 5.11 Å². The van der Waals surface area contributed by atoms with Gasteiger partial charge >= 0.3 is 0 Å². The first-order chi connectivity index (χ1) is 9.52. The lowest BCUT2D eigenvalue weighted by Gasteiger charge is -2.21. The van der Waals surface area contributed by atoms with Crippen LogP contribution < -0.4 is 5.32 Å². The Hall–Kier alpha value is -2.03. The normalized spacial score (nSPS) is 12.2. The molecule has 3 heteroatoms. The second-order valence-corrected chi connectivity index (χ2v) is 5.08. The predicted octanol–water partition coefficient (Wildman–Crippen LogP) is 4.71. The van der Waals surface area contributed by atoms with Gasteiger partial charge in [-0.3, -0.25) is 0 Å². The van der Waals surface area contributed by atoms with Gasteiger partial charge in [-0.15, -0.1) is 0 Å². The number of aryl methyl sites for hydroxylation is 2. The molecule has 0 saturated carbocycles. The van der Waals surface area contributed by atoms with Crippen LogP contribution in [0.15, 0.2) is 36.4 Å². The van der Waals surface area contributed by atoms with E-state index in [1.807, 2.05) is 32.9 Å². The Morgan fingerprint density at radius 2 is 1.85 bits per heavy atom. The van der Waals surface area contributed by atoms with Gasteiger partial charge in [0.25, 0.3) is 0 Å². The Kier molecular flexibility index (Phi) is 4.28. The van der Waals surface area contributed by atoms with Gasteiger partial charge in [-0.25, -0.2) is 4.39 Å². The lowest BCUT2D eigenvalue weighted by molar-refractivity contribution is 0.470. The molecule has 0 radical (unpaired) electrons. The van der Waals surface area contributed by atoms with Gasteiger partial charge in [-0.2, -0.15) is 0 Å². The molecule has 2 N–H and O–H groups in total.